The molecule has 0 saturated heterocycles. The molecule has 3 rings (SSSR count). The Labute approximate surface area is 108 Å². The van der Waals surface area contributed by atoms with Crippen LogP contribution in [0.15, 0.2) is 41.3 Å². The van der Waals surface area contributed by atoms with Crippen LogP contribution >= 0.6 is 0 Å². The lowest BCUT2D eigenvalue weighted by Crippen LogP contribution is -2.46. The Hall–Kier alpha value is -2.63. The molecule has 2 aromatic rings. The van der Waals surface area contributed by atoms with Gasteiger partial charge in [-0.05, 0) is 31.2 Å². The number of carbonyl (C=O) groups excluding carboxylic acids is 1. The van der Waals surface area contributed by atoms with E-state index in [0.717, 1.165) is 0 Å². The molecule has 0 fully saturated rings. The molecule has 1 aliphatic rings. The van der Waals surface area contributed by atoms with E-state index in [2.05, 4.69) is 10.3 Å². The molecule has 0 radical (unpaired) electrons. The minimum Gasteiger partial charge on any atom is -0.394 e. The summed E-state index contributed by atoms with van der Waals surface area (Å²) in [4.78, 5) is 28.4. The number of aromatic nitrogens is 2. The van der Waals surface area contributed by atoms with Crippen molar-refractivity contribution in [3.05, 3.63) is 58.3 Å². The molecule has 0 saturated carbocycles. The molecule has 0 spiro atoms. The summed E-state index contributed by atoms with van der Waals surface area (Å²) in [7, 11) is 0. The fraction of sp³-hybridized carbons (Fsp3) is 0.154. The number of rotatable bonds is 1. The van der Waals surface area contributed by atoms with Gasteiger partial charge in [0.25, 0.3) is 11.5 Å². The molecule has 1 aliphatic heterocycles. The van der Waals surface area contributed by atoms with Crippen molar-refractivity contribution in [2.45, 2.75) is 12.6 Å². The standard InChI is InChI=1S/C13H12N4O2/c1-13(10-4-2-3-7-15-10)16-11(18)9-6-5-8(14)12(19)17(9)13/h2-7H,14H2,1H3,(H,16,18). The second-order valence-corrected chi connectivity index (χ2v) is 4.56. The third kappa shape index (κ3) is 1.46. The number of nitrogens with two attached hydrogens (primary N) is 1. The van der Waals surface area contributed by atoms with Gasteiger partial charge in [0, 0.05) is 6.20 Å². The molecule has 1 unspecified atom stereocenters. The number of anilines is 1. The summed E-state index contributed by atoms with van der Waals surface area (Å²) in [6, 6.07) is 8.31. The van der Waals surface area contributed by atoms with E-state index in [1.54, 1.807) is 37.4 Å². The first-order valence-electron chi connectivity index (χ1n) is 5.80. The summed E-state index contributed by atoms with van der Waals surface area (Å²) in [5, 5.41) is 2.79. The first-order chi connectivity index (χ1) is 9.04. The fourth-order valence-corrected chi connectivity index (χ4v) is 2.34. The third-order valence-electron chi connectivity index (χ3n) is 3.31. The van der Waals surface area contributed by atoms with Gasteiger partial charge in [0.05, 0.1) is 11.4 Å². The van der Waals surface area contributed by atoms with Crippen molar-refractivity contribution in [2.24, 2.45) is 0 Å². The maximum atomic E-state index is 12.2. The average Bonchev–Trinajstić information content (AvgIpc) is 2.68. The van der Waals surface area contributed by atoms with E-state index in [1.165, 1.54) is 10.6 Å². The maximum absolute atomic E-state index is 12.2. The normalized spacial score (nSPS) is 21.0. The van der Waals surface area contributed by atoms with Crippen LogP contribution in [0.25, 0.3) is 0 Å². The van der Waals surface area contributed by atoms with Crippen LogP contribution in [-0.2, 0) is 5.66 Å². The van der Waals surface area contributed by atoms with Gasteiger partial charge >= 0.3 is 0 Å². The minimum atomic E-state index is -1.01. The summed E-state index contributed by atoms with van der Waals surface area (Å²) in [5.74, 6) is -0.315. The fourth-order valence-electron chi connectivity index (χ4n) is 2.34. The molecule has 2 aromatic heterocycles. The van der Waals surface area contributed by atoms with Crippen molar-refractivity contribution in [2.75, 3.05) is 5.73 Å². The highest BCUT2D eigenvalue weighted by atomic mass is 16.2. The molecule has 0 bridgehead atoms. The lowest BCUT2D eigenvalue weighted by molar-refractivity contribution is 0.0940. The Balaban J connectivity index is 2.33. The van der Waals surface area contributed by atoms with Crippen molar-refractivity contribution in [1.82, 2.24) is 14.9 Å². The summed E-state index contributed by atoms with van der Waals surface area (Å²) in [5.41, 5.74) is 5.19. The Morgan fingerprint density at radius 3 is 2.74 bits per heavy atom. The Kier molecular flexibility index (Phi) is 2.22. The highest BCUT2D eigenvalue weighted by Crippen LogP contribution is 2.27. The maximum Gasteiger partial charge on any atom is 0.276 e. The molecule has 3 N–H and O–H groups in total. The number of carbonyl (C=O) groups is 1. The van der Waals surface area contributed by atoms with Gasteiger partial charge < -0.3 is 11.1 Å². The number of pyridine rings is 2. The average molecular weight is 256 g/mol. The zero-order valence-corrected chi connectivity index (χ0v) is 10.3. The molecular formula is C13H12N4O2. The van der Waals surface area contributed by atoms with Crippen LogP contribution in [0.5, 0.6) is 0 Å². The van der Waals surface area contributed by atoms with Gasteiger partial charge in [0.2, 0.25) is 0 Å². The van der Waals surface area contributed by atoms with Gasteiger partial charge in [-0.25, -0.2) is 0 Å². The SMILES string of the molecule is CC1(c2ccccn2)NC(=O)c2ccc(N)c(=O)n21. The van der Waals surface area contributed by atoms with Crippen molar-refractivity contribution >= 4 is 11.6 Å². The number of hydrogen-bond donors (Lipinski definition) is 2. The zero-order valence-electron chi connectivity index (χ0n) is 10.3. The number of hydrogen-bond acceptors (Lipinski definition) is 4. The molecule has 0 aromatic carbocycles. The van der Waals surface area contributed by atoms with E-state index >= 15 is 0 Å². The number of nitrogens with zero attached hydrogens (tertiary/aromatic N) is 2. The number of amides is 1. The second kappa shape index (κ2) is 3.68. The van der Waals surface area contributed by atoms with Crippen LogP contribution in [-0.4, -0.2) is 15.5 Å². The van der Waals surface area contributed by atoms with Crippen LogP contribution < -0.4 is 16.6 Å². The van der Waals surface area contributed by atoms with Crippen LogP contribution in [0.4, 0.5) is 5.69 Å². The van der Waals surface area contributed by atoms with Gasteiger partial charge in [-0.2, -0.15) is 0 Å². The van der Waals surface area contributed by atoms with E-state index in [1.807, 2.05) is 0 Å². The van der Waals surface area contributed by atoms with E-state index in [9.17, 15) is 9.59 Å². The van der Waals surface area contributed by atoms with Crippen molar-refractivity contribution in [3.63, 3.8) is 0 Å². The monoisotopic (exact) mass is 256 g/mol. The molecule has 1 atom stereocenters. The van der Waals surface area contributed by atoms with Gasteiger partial charge in [-0.1, -0.05) is 6.07 Å². The summed E-state index contributed by atoms with van der Waals surface area (Å²) < 4.78 is 1.35. The van der Waals surface area contributed by atoms with E-state index < -0.39 is 11.2 Å². The number of nitrogen functional groups attached to an aromatic ring is 1. The topological polar surface area (TPSA) is 90.0 Å². The Morgan fingerprint density at radius 1 is 1.26 bits per heavy atom. The quantitative estimate of drug-likeness (QED) is 0.767. The van der Waals surface area contributed by atoms with Gasteiger partial charge in [-0.3, -0.25) is 19.1 Å². The predicted octanol–water partition coefficient (Wildman–Crippen LogP) is 0.290. The van der Waals surface area contributed by atoms with Crippen molar-refractivity contribution in [1.29, 1.82) is 0 Å². The molecule has 0 aliphatic carbocycles. The van der Waals surface area contributed by atoms with Crippen molar-refractivity contribution < 1.29 is 4.79 Å². The smallest absolute Gasteiger partial charge is 0.276 e. The Morgan fingerprint density at radius 2 is 2.05 bits per heavy atom. The van der Waals surface area contributed by atoms with Gasteiger partial charge in [-0.15, -0.1) is 0 Å². The highest BCUT2D eigenvalue weighted by molar-refractivity contribution is 5.95. The van der Waals surface area contributed by atoms with Gasteiger partial charge in [0.1, 0.15) is 5.69 Å². The molecule has 3 heterocycles. The Bertz CT molecular complexity index is 723. The van der Waals surface area contributed by atoms with Crippen LogP contribution in [0.3, 0.4) is 0 Å². The molecular weight excluding hydrogens is 244 g/mol. The van der Waals surface area contributed by atoms with E-state index in [0.29, 0.717) is 5.69 Å². The largest absolute Gasteiger partial charge is 0.394 e. The lowest BCUT2D eigenvalue weighted by atomic mass is 10.1. The van der Waals surface area contributed by atoms with Crippen molar-refractivity contribution in [3.8, 4) is 0 Å². The molecule has 19 heavy (non-hydrogen) atoms. The lowest BCUT2D eigenvalue weighted by Gasteiger charge is -2.26. The van der Waals surface area contributed by atoms with Crippen LogP contribution in [0.2, 0.25) is 0 Å². The summed E-state index contributed by atoms with van der Waals surface area (Å²) in [6.45, 7) is 1.73. The minimum absolute atomic E-state index is 0.0995. The van der Waals surface area contributed by atoms with Crippen LogP contribution in [0, 0.1) is 0 Å². The number of nitrogens with one attached hydrogen (secondary N) is 1. The van der Waals surface area contributed by atoms with E-state index in [-0.39, 0.29) is 17.3 Å². The molecule has 6 heteroatoms. The summed E-state index contributed by atoms with van der Waals surface area (Å²) >= 11 is 0. The van der Waals surface area contributed by atoms with E-state index in [4.69, 9.17) is 5.73 Å². The zero-order chi connectivity index (χ0) is 13.6. The highest BCUT2D eigenvalue weighted by Gasteiger charge is 2.42. The summed E-state index contributed by atoms with van der Waals surface area (Å²) in [6.07, 6.45) is 1.61. The molecule has 96 valence electrons. The molecule has 6 nitrogen and oxygen atoms in total. The first kappa shape index (κ1) is 11.5. The van der Waals surface area contributed by atoms with Gasteiger partial charge in [0.15, 0.2) is 5.66 Å². The van der Waals surface area contributed by atoms with Crippen LogP contribution in [0.1, 0.15) is 23.1 Å². The predicted molar refractivity (Wildman–Crippen MR) is 69.6 cm³/mol. The number of fused-ring (bicyclic) bond motifs is 1. The third-order valence-corrected chi connectivity index (χ3v) is 3.31. The second-order valence-electron chi connectivity index (χ2n) is 4.56. The first-order valence-corrected chi connectivity index (χ1v) is 5.80. The molecule has 1 amide bonds.